The van der Waals surface area contributed by atoms with Gasteiger partial charge in [0.2, 0.25) is 0 Å². The number of carbonyl (C=O) groups is 2. The quantitative estimate of drug-likeness (QED) is 0.0319. The number of nitrogens with one attached hydrogen (secondary N) is 1. The topological polar surface area (TPSA) is 132 Å². The van der Waals surface area contributed by atoms with Crippen molar-refractivity contribution in [1.82, 2.24) is 0 Å². The van der Waals surface area contributed by atoms with E-state index in [-0.39, 0.29) is 30.5 Å². The van der Waals surface area contributed by atoms with Crippen LogP contribution in [-0.4, -0.2) is 74.2 Å². The highest BCUT2D eigenvalue weighted by molar-refractivity contribution is 7.47. The predicted molar refractivity (Wildman–Crippen MR) is 149 cm³/mol. The zero-order chi connectivity index (χ0) is 28.7. The molecule has 0 amide bonds. The highest BCUT2D eigenvalue weighted by Gasteiger charge is 2.27. The van der Waals surface area contributed by atoms with Crippen molar-refractivity contribution < 1.29 is 42.1 Å². The standard InChI is InChI=1S/C27H53N2O8P/c1-5-7-9-11-13-15-16-18-26(30)34-22-25(37-27(31)19-17-14-12-10-8-6-2)23-36-38(32,33)35-21-20-29(3,4)24-28/h24-25,28H,5-23H2,1-4H3/p+1/t25-/m1/s1. The molecular weight excluding hydrogens is 511 g/mol. The maximum Gasteiger partial charge on any atom is 0.472 e. The Hall–Kier alpha value is -1.32. The van der Waals surface area contributed by atoms with Crippen LogP contribution in [-0.2, 0) is 32.7 Å². The number of esters is 2. The molecule has 10 nitrogen and oxygen atoms in total. The van der Waals surface area contributed by atoms with E-state index in [2.05, 4.69) is 13.8 Å². The van der Waals surface area contributed by atoms with Gasteiger partial charge >= 0.3 is 19.8 Å². The monoisotopic (exact) mass is 565 g/mol. The summed E-state index contributed by atoms with van der Waals surface area (Å²) in [5.74, 6) is -0.860. The third-order valence-electron chi connectivity index (χ3n) is 6.14. The van der Waals surface area contributed by atoms with Crippen LogP contribution in [0.2, 0.25) is 0 Å². The number of phosphoric ester groups is 1. The maximum atomic E-state index is 12.3. The fraction of sp³-hybridized carbons (Fsp3) is 0.889. The van der Waals surface area contributed by atoms with Crippen molar-refractivity contribution >= 4 is 26.1 Å². The van der Waals surface area contributed by atoms with Crippen LogP contribution in [0.1, 0.15) is 110 Å². The SMILES string of the molecule is CCCCCCCCCC(=O)OC[C@H](COP(=O)(O)OCC[N+](C)(C)C=N)OC(=O)CCCCCCCC. The molecule has 0 spiro atoms. The largest absolute Gasteiger partial charge is 0.472 e. The van der Waals surface area contributed by atoms with Gasteiger partial charge in [0.25, 0.3) is 0 Å². The average molecular weight is 566 g/mol. The van der Waals surface area contributed by atoms with Crippen LogP contribution >= 0.6 is 7.82 Å². The first kappa shape index (κ1) is 36.7. The van der Waals surface area contributed by atoms with Crippen molar-refractivity contribution in [2.45, 2.75) is 116 Å². The molecule has 224 valence electrons. The number of unbranched alkanes of at least 4 members (excludes halogenated alkanes) is 11. The fourth-order valence-corrected chi connectivity index (χ4v) is 4.31. The Morgan fingerprint density at radius 2 is 1.32 bits per heavy atom. The minimum Gasteiger partial charge on any atom is -0.462 e. The highest BCUT2D eigenvalue weighted by atomic mass is 31.2. The molecule has 2 N–H and O–H groups in total. The lowest BCUT2D eigenvalue weighted by Gasteiger charge is -2.23. The molecule has 0 aliphatic rings. The van der Waals surface area contributed by atoms with Gasteiger partial charge in [0.15, 0.2) is 12.4 Å². The van der Waals surface area contributed by atoms with Crippen LogP contribution in [0.15, 0.2) is 0 Å². The molecule has 0 aliphatic carbocycles. The molecule has 0 aromatic heterocycles. The van der Waals surface area contributed by atoms with Crippen molar-refractivity contribution in [3.8, 4) is 0 Å². The van der Waals surface area contributed by atoms with E-state index >= 15 is 0 Å². The molecule has 0 saturated carbocycles. The number of hydrogen-bond acceptors (Lipinski definition) is 8. The maximum absolute atomic E-state index is 12.3. The van der Waals surface area contributed by atoms with Crippen molar-refractivity contribution in [1.29, 1.82) is 5.41 Å². The van der Waals surface area contributed by atoms with Crippen LogP contribution < -0.4 is 0 Å². The summed E-state index contributed by atoms with van der Waals surface area (Å²) in [7, 11) is -0.922. The first-order valence-electron chi connectivity index (χ1n) is 14.4. The van der Waals surface area contributed by atoms with Gasteiger partial charge in [0.1, 0.15) is 19.8 Å². The minimum atomic E-state index is -4.42. The summed E-state index contributed by atoms with van der Waals surface area (Å²) in [6.07, 6.45) is 14.4. The first-order chi connectivity index (χ1) is 18.0. The molecule has 0 heterocycles. The Morgan fingerprint density at radius 3 is 1.84 bits per heavy atom. The van der Waals surface area contributed by atoms with E-state index in [9.17, 15) is 19.0 Å². The zero-order valence-electron chi connectivity index (χ0n) is 24.3. The fourth-order valence-electron chi connectivity index (χ4n) is 3.57. The van der Waals surface area contributed by atoms with E-state index in [0.717, 1.165) is 51.4 Å². The van der Waals surface area contributed by atoms with Gasteiger partial charge < -0.3 is 14.4 Å². The van der Waals surface area contributed by atoms with Crippen LogP contribution in [0.5, 0.6) is 0 Å². The van der Waals surface area contributed by atoms with Gasteiger partial charge in [-0.2, -0.15) is 0 Å². The van der Waals surface area contributed by atoms with Crippen molar-refractivity contribution in [2.24, 2.45) is 0 Å². The van der Waals surface area contributed by atoms with E-state index in [1.54, 1.807) is 14.1 Å². The summed E-state index contributed by atoms with van der Waals surface area (Å²) in [4.78, 5) is 34.5. The third-order valence-corrected chi connectivity index (χ3v) is 7.13. The van der Waals surface area contributed by atoms with Gasteiger partial charge in [-0.3, -0.25) is 28.5 Å². The lowest BCUT2D eigenvalue weighted by Crippen LogP contribution is -2.40. The molecule has 0 radical (unpaired) electrons. The Kier molecular flexibility index (Phi) is 21.7. The van der Waals surface area contributed by atoms with Gasteiger partial charge in [-0.05, 0) is 12.8 Å². The molecule has 11 heteroatoms. The number of rotatable bonds is 26. The molecule has 0 fully saturated rings. The second-order valence-electron chi connectivity index (χ2n) is 10.4. The normalized spacial score (nSPS) is 14.0. The summed E-state index contributed by atoms with van der Waals surface area (Å²) >= 11 is 0. The van der Waals surface area contributed by atoms with Crippen LogP contribution in [0.4, 0.5) is 0 Å². The van der Waals surface area contributed by atoms with Crippen molar-refractivity contribution in [3.63, 3.8) is 0 Å². The number of nitrogens with zero attached hydrogens (tertiary/aromatic N) is 1. The van der Waals surface area contributed by atoms with E-state index in [1.165, 1.54) is 32.0 Å². The van der Waals surface area contributed by atoms with E-state index in [0.29, 0.717) is 13.0 Å². The third kappa shape index (κ3) is 22.6. The Bertz CT molecular complexity index is 690. The Labute approximate surface area is 230 Å². The van der Waals surface area contributed by atoms with Gasteiger partial charge in [-0.15, -0.1) is 0 Å². The minimum absolute atomic E-state index is 0.105. The summed E-state index contributed by atoms with van der Waals surface area (Å²) in [6, 6.07) is 0. The molecule has 0 saturated heterocycles. The lowest BCUT2D eigenvalue weighted by atomic mass is 10.1. The molecular formula is C27H54N2O8P+. The molecule has 38 heavy (non-hydrogen) atoms. The smallest absolute Gasteiger partial charge is 0.462 e. The molecule has 0 aromatic carbocycles. The van der Waals surface area contributed by atoms with Gasteiger partial charge in [0.05, 0.1) is 20.7 Å². The van der Waals surface area contributed by atoms with Gasteiger partial charge in [0, 0.05) is 12.8 Å². The summed E-state index contributed by atoms with van der Waals surface area (Å²) < 4.78 is 33.2. The second-order valence-corrected chi connectivity index (χ2v) is 11.9. The predicted octanol–water partition coefficient (Wildman–Crippen LogP) is 6.15. The summed E-state index contributed by atoms with van der Waals surface area (Å²) in [6.45, 7) is 3.82. The number of hydrogen-bond donors (Lipinski definition) is 2. The first-order valence-corrected chi connectivity index (χ1v) is 15.9. The van der Waals surface area contributed by atoms with Crippen LogP contribution in [0.25, 0.3) is 0 Å². The van der Waals surface area contributed by atoms with Crippen molar-refractivity contribution in [2.75, 3.05) is 40.5 Å². The summed E-state index contributed by atoms with van der Waals surface area (Å²) in [5.41, 5.74) is 0. The molecule has 1 unspecified atom stereocenters. The number of ether oxygens (including phenoxy) is 2. The van der Waals surface area contributed by atoms with Crippen LogP contribution in [0, 0.1) is 5.41 Å². The second kappa shape index (κ2) is 22.5. The number of carbonyl (C=O) groups excluding carboxylic acids is 2. The van der Waals surface area contributed by atoms with Crippen LogP contribution in [0.3, 0.4) is 0 Å². The van der Waals surface area contributed by atoms with E-state index in [4.69, 9.17) is 23.9 Å². The molecule has 0 rings (SSSR count). The average Bonchev–Trinajstić information content (AvgIpc) is 2.87. The zero-order valence-corrected chi connectivity index (χ0v) is 25.2. The number of likely N-dealkylation sites (N-methyl/N-ethyl adjacent to an activating group) is 1. The Balaban J connectivity index is 4.64. The highest BCUT2D eigenvalue weighted by Crippen LogP contribution is 2.43. The lowest BCUT2D eigenvalue weighted by molar-refractivity contribution is -0.793. The number of phosphoric acid groups is 1. The van der Waals surface area contributed by atoms with Gasteiger partial charge in [-0.25, -0.2) is 4.57 Å². The summed E-state index contributed by atoms with van der Waals surface area (Å²) in [5, 5.41) is 7.34. The molecule has 2 atom stereocenters. The van der Waals surface area contributed by atoms with Gasteiger partial charge in [-0.1, -0.05) is 84.5 Å². The Morgan fingerprint density at radius 1 is 0.816 bits per heavy atom. The molecule has 0 bridgehead atoms. The molecule has 0 aliphatic heterocycles. The molecule has 0 aromatic rings. The van der Waals surface area contributed by atoms with E-state index < -0.39 is 32.5 Å². The van der Waals surface area contributed by atoms with E-state index in [1.807, 2.05) is 0 Å². The van der Waals surface area contributed by atoms with Crippen molar-refractivity contribution in [3.05, 3.63) is 0 Å². The number of quaternary nitrogens is 1.